The molecule has 0 bridgehead atoms. The summed E-state index contributed by atoms with van der Waals surface area (Å²) < 4.78 is 5.38. The molecule has 15 heavy (non-hydrogen) atoms. The average molecular weight is 225 g/mol. The molecule has 0 aromatic carbocycles. The standard InChI is InChI=1S/C12H19NOS/c1-2-10(8-12-4-3-7-15-12)13-11-5-6-14-9-11/h3-4,7,10-11,13H,2,5-6,8-9H2,1H3. The Bertz CT molecular complexity index is 267. The van der Waals surface area contributed by atoms with Gasteiger partial charge >= 0.3 is 0 Å². The molecule has 2 atom stereocenters. The van der Waals surface area contributed by atoms with Crippen molar-refractivity contribution in [1.82, 2.24) is 5.32 Å². The maximum absolute atomic E-state index is 5.38. The van der Waals surface area contributed by atoms with E-state index in [2.05, 4.69) is 29.8 Å². The fourth-order valence-electron chi connectivity index (χ4n) is 1.99. The molecule has 84 valence electrons. The normalized spacial score (nSPS) is 23.1. The Kier molecular flexibility index (Phi) is 4.18. The lowest BCUT2D eigenvalue weighted by Crippen LogP contribution is -2.39. The van der Waals surface area contributed by atoms with Crippen molar-refractivity contribution in [3.8, 4) is 0 Å². The minimum atomic E-state index is 0.579. The van der Waals surface area contributed by atoms with Gasteiger partial charge in [0.25, 0.3) is 0 Å². The van der Waals surface area contributed by atoms with Gasteiger partial charge in [-0.1, -0.05) is 13.0 Å². The molecule has 2 rings (SSSR count). The maximum Gasteiger partial charge on any atom is 0.0620 e. The average Bonchev–Trinajstić information content (AvgIpc) is 2.89. The molecule has 1 aromatic rings. The molecule has 0 saturated carbocycles. The summed E-state index contributed by atoms with van der Waals surface area (Å²) in [6.45, 7) is 4.06. The maximum atomic E-state index is 5.38. The van der Waals surface area contributed by atoms with Crippen molar-refractivity contribution in [1.29, 1.82) is 0 Å². The molecule has 3 heteroatoms. The molecule has 1 aliphatic rings. The molecule has 1 aromatic heterocycles. The number of ether oxygens (including phenoxy) is 1. The molecule has 1 fully saturated rings. The Labute approximate surface area is 95.6 Å². The van der Waals surface area contributed by atoms with Crippen molar-refractivity contribution in [2.24, 2.45) is 0 Å². The van der Waals surface area contributed by atoms with Gasteiger partial charge in [0, 0.05) is 23.6 Å². The van der Waals surface area contributed by atoms with Crippen molar-refractivity contribution in [2.75, 3.05) is 13.2 Å². The summed E-state index contributed by atoms with van der Waals surface area (Å²) in [4.78, 5) is 1.48. The van der Waals surface area contributed by atoms with Crippen LogP contribution in [0.4, 0.5) is 0 Å². The van der Waals surface area contributed by atoms with Gasteiger partial charge in [-0.25, -0.2) is 0 Å². The van der Waals surface area contributed by atoms with E-state index in [4.69, 9.17) is 4.74 Å². The first kappa shape index (κ1) is 11.1. The third-order valence-corrected chi connectivity index (χ3v) is 3.82. The number of nitrogens with one attached hydrogen (secondary N) is 1. The van der Waals surface area contributed by atoms with Crippen LogP contribution in [0.1, 0.15) is 24.6 Å². The molecular formula is C12H19NOS. The van der Waals surface area contributed by atoms with Crippen molar-refractivity contribution >= 4 is 11.3 Å². The van der Waals surface area contributed by atoms with Crippen LogP contribution in [0.15, 0.2) is 17.5 Å². The molecule has 0 spiro atoms. The van der Waals surface area contributed by atoms with Gasteiger partial charge < -0.3 is 10.1 Å². The molecular weight excluding hydrogens is 206 g/mol. The van der Waals surface area contributed by atoms with Gasteiger partial charge in [-0.3, -0.25) is 0 Å². The Morgan fingerprint density at radius 2 is 2.60 bits per heavy atom. The van der Waals surface area contributed by atoms with Crippen LogP contribution in [-0.4, -0.2) is 25.3 Å². The molecule has 2 unspecified atom stereocenters. The van der Waals surface area contributed by atoms with E-state index in [9.17, 15) is 0 Å². The zero-order chi connectivity index (χ0) is 10.5. The molecule has 1 saturated heterocycles. The minimum Gasteiger partial charge on any atom is -0.380 e. The minimum absolute atomic E-state index is 0.579. The highest BCUT2D eigenvalue weighted by Crippen LogP contribution is 2.14. The number of thiophene rings is 1. The van der Waals surface area contributed by atoms with E-state index >= 15 is 0 Å². The molecule has 1 N–H and O–H groups in total. The van der Waals surface area contributed by atoms with E-state index in [1.54, 1.807) is 0 Å². The van der Waals surface area contributed by atoms with Gasteiger partial charge in [-0.15, -0.1) is 11.3 Å². The summed E-state index contributed by atoms with van der Waals surface area (Å²) in [5.74, 6) is 0. The Morgan fingerprint density at radius 3 is 3.20 bits per heavy atom. The van der Waals surface area contributed by atoms with Gasteiger partial charge in [-0.2, -0.15) is 0 Å². The van der Waals surface area contributed by atoms with Crippen molar-refractivity contribution in [3.63, 3.8) is 0 Å². The topological polar surface area (TPSA) is 21.3 Å². The number of hydrogen-bond acceptors (Lipinski definition) is 3. The molecule has 2 heterocycles. The Balaban J connectivity index is 1.81. The Morgan fingerprint density at radius 1 is 1.67 bits per heavy atom. The summed E-state index contributed by atoms with van der Waals surface area (Å²) in [6, 6.07) is 5.54. The van der Waals surface area contributed by atoms with Crippen LogP contribution in [0.3, 0.4) is 0 Å². The summed E-state index contributed by atoms with van der Waals surface area (Å²) in [6.07, 6.45) is 3.51. The zero-order valence-corrected chi connectivity index (χ0v) is 10.1. The predicted molar refractivity (Wildman–Crippen MR) is 64.5 cm³/mol. The summed E-state index contributed by atoms with van der Waals surface area (Å²) >= 11 is 1.85. The first-order valence-corrected chi connectivity index (χ1v) is 6.62. The van der Waals surface area contributed by atoms with Gasteiger partial charge in [0.1, 0.15) is 0 Å². The van der Waals surface area contributed by atoms with Crippen LogP contribution in [0.2, 0.25) is 0 Å². The largest absolute Gasteiger partial charge is 0.380 e. The first-order chi connectivity index (χ1) is 7.38. The fourth-order valence-corrected chi connectivity index (χ4v) is 2.78. The molecule has 0 amide bonds. The van der Waals surface area contributed by atoms with Crippen molar-refractivity contribution < 1.29 is 4.74 Å². The van der Waals surface area contributed by atoms with Crippen LogP contribution >= 0.6 is 11.3 Å². The van der Waals surface area contributed by atoms with Gasteiger partial charge in [0.15, 0.2) is 0 Å². The second-order valence-corrected chi connectivity index (χ2v) is 5.15. The van der Waals surface area contributed by atoms with E-state index in [1.165, 1.54) is 17.7 Å². The SMILES string of the molecule is CCC(Cc1cccs1)NC1CCOC1. The van der Waals surface area contributed by atoms with Gasteiger partial charge in [0.2, 0.25) is 0 Å². The van der Waals surface area contributed by atoms with E-state index in [0.717, 1.165) is 19.6 Å². The van der Waals surface area contributed by atoms with Crippen LogP contribution in [0.25, 0.3) is 0 Å². The second kappa shape index (κ2) is 5.64. The predicted octanol–water partition coefficient (Wildman–Crippen LogP) is 2.45. The highest BCUT2D eigenvalue weighted by atomic mass is 32.1. The number of hydrogen-bond donors (Lipinski definition) is 1. The quantitative estimate of drug-likeness (QED) is 0.831. The smallest absolute Gasteiger partial charge is 0.0620 e. The summed E-state index contributed by atoms with van der Waals surface area (Å²) in [5.41, 5.74) is 0. The lowest BCUT2D eigenvalue weighted by molar-refractivity contribution is 0.187. The van der Waals surface area contributed by atoms with Crippen LogP contribution in [0.5, 0.6) is 0 Å². The highest BCUT2D eigenvalue weighted by Gasteiger charge is 2.18. The lowest BCUT2D eigenvalue weighted by Gasteiger charge is -2.20. The highest BCUT2D eigenvalue weighted by molar-refractivity contribution is 7.09. The molecule has 2 nitrogen and oxygen atoms in total. The van der Waals surface area contributed by atoms with Gasteiger partial charge in [0.05, 0.1) is 6.61 Å². The third-order valence-electron chi connectivity index (χ3n) is 2.92. The number of rotatable bonds is 5. The summed E-state index contributed by atoms with van der Waals surface area (Å²) in [5, 5.41) is 5.84. The second-order valence-electron chi connectivity index (χ2n) is 4.12. The zero-order valence-electron chi connectivity index (χ0n) is 9.24. The van der Waals surface area contributed by atoms with E-state index in [1.807, 2.05) is 11.3 Å². The molecule has 1 aliphatic heterocycles. The first-order valence-electron chi connectivity index (χ1n) is 5.74. The summed E-state index contributed by atoms with van der Waals surface area (Å²) in [7, 11) is 0. The fraction of sp³-hybridized carbons (Fsp3) is 0.667. The molecule has 0 radical (unpaired) electrons. The monoisotopic (exact) mass is 225 g/mol. The third kappa shape index (κ3) is 3.30. The van der Waals surface area contributed by atoms with Crippen molar-refractivity contribution in [3.05, 3.63) is 22.4 Å². The lowest BCUT2D eigenvalue weighted by atomic mass is 10.1. The van der Waals surface area contributed by atoms with Crippen LogP contribution < -0.4 is 5.32 Å². The van der Waals surface area contributed by atoms with E-state index in [-0.39, 0.29) is 0 Å². The Hall–Kier alpha value is -0.380. The van der Waals surface area contributed by atoms with Crippen LogP contribution in [0, 0.1) is 0 Å². The van der Waals surface area contributed by atoms with Crippen molar-refractivity contribution in [2.45, 2.75) is 38.3 Å². The van der Waals surface area contributed by atoms with Gasteiger partial charge in [-0.05, 0) is 30.7 Å². The van der Waals surface area contributed by atoms with E-state index < -0.39 is 0 Å². The molecule has 0 aliphatic carbocycles. The van der Waals surface area contributed by atoms with E-state index in [0.29, 0.717) is 12.1 Å². The van der Waals surface area contributed by atoms with Crippen LogP contribution in [-0.2, 0) is 11.2 Å².